The van der Waals surface area contributed by atoms with Crippen molar-refractivity contribution in [2.75, 3.05) is 45.4 Å². The molecule has 0 saturated carbocycles. The molecule has 0 radical (unpaired) electrons. The van der Waals surface area contributed by atoms with E-state index < -0.39 is 0 Å². The fraction of sp³-hybridized carbons (Fsp3) is 0.412. The maximum Gasteiger partial charge on any atom is 0.318 e. The molecule has 27 heavy (non-hydrogen) atoms. The maximum atomic E-state index is 12.4. The summed E-state index contributed by atoms with van der Waals surface area (Å²) >= 11 is 6.27. The van der Waals surface area contributed by atoms with Crippen LogP contribution in [0.15, 0.2) is 24.5 Å². The van der Waals surface area contributed by atoms with Gasteiger partial charge in [-0.25, -0.2) is 9.97 Å². The predicted molar refractivity (Wildman–Crippen MR) is 98.7 cm³/mol. The molecule has 0 aromatic carbocycles. The molecule has 2 aromatic rings. The highest BCUT2D eigenvalue weighted by atomic mass is 35.5. The van der Waals surface area contributed by atoms with Gasteiger partial charge in [-0.15, -0.1) is 0 Å². The quantitative estimate of drug-likeness (QED) is 0.781. The number of methoxy groups -OCH3 is 2. The third-order valence-corrected chi connectivity index (χ3v) is 4.36. The lowest BCUT2D eigenvalue weighted by atomic mass is 10.2. The van der Waals surface area contributed by atoms with E-state index in [4.69, 9.17) is 25.8 Å². The number of halogens is 1. The van der Waals surface area contributed by atoms with E-state index in [9.17, 15) is 4.79 Å². The smallest absolute Gasteiger partial charge is 0.318 e. The van der Waals surface area contributed by atoms with Gasteiger partial charge in [0.2, 0.25) is 5.88 Å². The van der Waals surface area contributed by atoms with Gasteiger partial charge in [-0.2, -0.15) is 4.98 Å². The molecule has 1 saturated heterocycles. The Labute approximate surface area is 161 Å². The lowest BCUT2D eigenvalue weighted by molar-refractivity contribution is 0.0853. The Kier molecular flexibility index (Phi) is 6.25. The first-order valence-electron chi connectivity index (χ1n) is 8.31. The van der Waals surface area contributed by atoms with E-state index in [1.54, 1.807) is 12.1 Å². The van der Waals surface area contributed by atoms with Crippen LogP contribution in [0.25, 0.3) is 0 Å². The van der Waals surface area contributed by atoms with E-state index in [1.165, 1.54) is 26.6 Å². The number of rotatable bonds is 6. The molecule has 144 valence electrons. The molecule has 10 heteroatoms. The average Bonchev–Trinajstić information content (AvgIpc) is 2.72. The van der Waals surface area contributed by atoms with Crippen LogP contribution in [0.3, 0.4) is 0 Å². The summed E-state index contributed by atoms with van der Waals surface area (Å²) < 4.78 is 15.6. The minimum atomic E-state index is -0.234. The van der Waals surface area contributed by atoms with Gasteiger partial charge in [-0.1, -0.05) is 11.6 Å². The van der Waals surface area contributed by atoms with Crippen LogP contribution in [0.1, 0.15) is 10.4 Å². The first-order chi connectivity index (χ1) is 13.1. The number of anilines is 1. The summed E-state index contributed by atoms with van der Waals surface area (Å²) in [7, 11) is 3.01. The second-order valence-electron chi connectivity index (χ2n) is 5.75. The Hall–Kier alpha value is -2.65. The monoisotopic (exact) mass is 393 g/mol. The van der Waals surface area contributed by atoms with Crippen molar-refractivity contribution in [1.29, 1.82) is 0 Å². The third kappa shape index (κ3) is 4.55. The van der Waals surface area contributed by atoms with Crippen LogP contribution in [0.2, 0.25) is 5.02 Å². The van der Waals surface area contributed by atoms with Crippen molar-refractivity contribution in [3.63, 3.8) is 0 Å². The van der Waals surface area contributed by atoms with Crippen molar-refractivity contribution in [2.24, 2.45) is 0 Å². The maximum absolute atomic E-state index is 12.4. The fourth-order valence-electron chi connectivity index (χ4n) is 2.69. The minimum Gasteiger partial charge on any atom is -0.481 e. The molecule has 3 rings (SSSR count). The van der Waals surface area contributed by atoms with Crippen LogP contribution in [0.4, 0.5) is 5.82 Å². The number of morpholine rings is 1. The molecule has 9 nitrogen and oxygen atoms in total. The van der Waals surface area contributed by atoms with Gasteiger partial charge in [0.25, 0.3) is 5.91 Å². The van der Waals surface area contributed by atoms with E-state index in [1.807, 2.05) is 4.90 Å². The van der Waals surface area contributed by atoms with E-state index in [0.717, 1.165) is 0 Å². The fourth-order valence-corrected chi connectivity index (χ4v) is 2.89. The number of hydrogen-bond donors (Lipinski definition) is 1. The number of amides is 1. The Bertz CT molecular complexity index is 789. The molecular formula is C17H20ClN5O4. The molecule has 0 bridgehead atoms. The van der Waals surface area contributed by atoms with Crippen LogP contribution in [0, 0.1) is 0 Å². The minimum absolute atomic E-state index is 0.133. The van der Waals surface area contributed by atoms with Crippen LogP contribution in [0.5, 0.6) is 11.9 Å². The number of nitrogens with one attached hydrogen (secondary N) is 1. The van der Waals surface area contributed by atoms with Gasteiger partial charge in [0.15, 0.2) is 5.82 Å². The molecule has 1 fully saturated rings. The van der Waals surface area contributed by atoms with E-state index in [0.29, 0.717) is 48.6 Å². The van der Waals surface area contributed by atoms with Crippen LogP contribution in [-0.4, -0.2) is 67.4 Å². The van der Waals surface area contributed by atoms with Gasteiger partial charge in [-0.3, -0.25) is 4.79 Å². The summed E-state index contributed by atoms with van der Waals surface area (Å²) in [5.41, 5.74) is 0.445. The number of nitrogens with zero attached hydrogens (tertiary/aromatic N) is 4. The second-order valence-corrected chi connectivity index (χ2v) is 6.16. The number of pyridine rings is 1. The highest BCUT2D eigenvalue weighted by Crippen LogP contribution is 2.27. The average molecular weight is 394 g/mol. The number of carbonyl (C=O) groups is 1. The van der Waals surface area contributed by atoms with Crippen LogP contribution >= 0.6 is 11.6 Å². The Morgan fingerprint density at radius 1 is 1.33 bits per heavy atom. The zero-order chi connectivity index (χ0) is 19.2. The summed E-state index contributed by atoms with van der Waals surface area (Å²) in [6, 6.07) is 3.39. The highest BCUT2D eigenvalue weighted by Gasteiger charge is 2.27. The topological polar surface area (TPSA) is 98.7 Å². The van der Waals surface area contributed by atoms with Crippen LogP contribution in [-0.2, 0) is 4.74 Å². The number of aromatic nitrogens is 3. The summed E-state index contributed by atoms with van der Waals surface area (Å²) in [6.45, 7) is 1.91. The first kappa shape index (κ1) is 19.1. The van der Waals surface area contributed by atoms with E-state index in [-0.39, 0.29) is 18.0 Å². The largest absolute Gasteiger partial charge is 0.481 e. The molecule has 1 atom stereocenters. The Balaban J connectivity index is 1.69. The van der Waals surface area contributed by atoms with Crippen molar-refractivity contribution in [2.45, 2.75) is 6.04 Å². The summed E-state index contributed by atoms with van der Waals surface area (Å²) in [6.07, 6.45) is 2.96. The van der Waals surface area contributed by atoms with Crippen molar-refractivity contribution in [3.05, 3.63) is 35.1 Å². The van der Waals surface area contributed by atoms with Crippen LogP contribution < -0.4 is 19.7 Å². The second kappa shape index (κ2) is 8.83. The molecule has 1 aliphatic rings. The highest BCUT2D eigenvalue weighted by molar-refractivity contribution is 6.32. The molecule has 1 N–H and O–H groups in total. The molecule has 1 amide bonds. The van der Waals surface area contributed by atoms with E-state index >= 15 is 0 Å². The molecule has 1 unspecified atom stereocenters. The number of ether oxygens (including phenoxy) is 3. The van der Waals surface area contributed by atoms with Crippen molar-refractivity contribution in [1.82, 2.24) is 20.3 Å². The van der Waals surface area contributed by atoms with Crippen molar-refractivity contribution < 1.29 is 19.0 Å². The molecule has 2 aromatic heterocycles. The lowest BCUT2D eigenvalue weighted by Crippen LogP contribution is -2.51. The van der Waals surface area contributed by atoms with Gasteiger partial charge in [0.1, 0.15) is 5.02 Å². The van der Waals surface area contributed by atoms with Gasteiger partial charge in [-0.05, 0) is 6.07 Å². The summed E-state index contributed by atoms with van der Waals surface area (Å²) in [5.74, 6) is 0.768. The van der Waals surface area contributed by atoms with E-state index in [2.05, 4.69) is 20.3 Å². The molecule has 0 aliphatic carbocycles. The number of hydrogen-bond acceptors (Lipinski definition) is 8. The first-order valence-corrected chi connectivity index (χ1v) is 8.69. The molecule has 3 heterocycles. The number of carbonyl (C=O) groups excluding carboxylic acids is 1. The molecule has 1 aliphatic heterocycles. The zero-order valence-corrected chi connectivity index (χ0v) is 15.8. The Morgan fingerprint density at radius 3 is 2.89 bits per heavy atom. The standard InChI is InChI=1S/C17H20ClN5O4/c1-25-14-4-3-11(7-19-14)16(24)20-8-12-10-27-6-5-23(12)15-13(18)9-21-17(22-15)26-2/h3-4,7,9,12H,5-6,8,10H2,1-2H3,(H,20,24). The van der Waals surface area contributed by atoms with Gasteiger partial charge in [0, 0.05) is 25.4 Å². The normalized spacial score (nSPS) is 16.7. The predicted octanol–water partition coefficient (Wildman–Crippen LogP) is 1.18. The SMILES string of the molecule is COc1ccc(C(=O)NCC2COCCN2c2nc(OC)ncc2Cl)cn1. The third-order valence-electron chi connectivity index (χ3n) is 4.09. The van der Waals surface area contributed by atoms with Gasteiger partial charge in [0.05, 0.1) is 45.2 Å². The van der Waals surface area contributed by atoms with Gasteiger partial charge >= 0.3 is 6.01 Å². The zero-order valence-electron chi connectivity index (χ0n) is 15.0. The molecular weight excluding hydrogens is 374 g/mol. The Morgan fingerprint density at radius 2 is 2.19 bits per heavy atom. The summed E-state index contributed by atoms with van der Waals surface area (Å²) in [4.78, 5) is 26.7. The molecule has 0 spiro atoms. The van der Waals surface area contributed by atoms with Gasteiger partial charge < -0.3 is 24.4 Å². The summed E-state index contributed by atoms with van der Waals surface area (Å²) in [5, 5.41) is 3.31. The van der Waals surface area contributed by atoms with Crippen molar-refractivity contribution in [3.8, 4) is 11.9 Å². The lowest BCUT2D eigenvalue weighted by Gasteiger charge is -2.36. The van der Waals surface area contributed by atoms with Crippen molar-refractivity contribution >= 4 is 23.3 Å².